The van der Waals surface area contributed by atoms with Gasteiger partial charge >= 0.3 is 0 Å². The van der Waals surface area contributed by atoms with Gasteiger partial charge in [0.15, 0.2) is 0 Å². The number of rotatable bonds is 10. The van der Waals surface area contributed by atoms with E-state index in [0.29, 0.717) is 19.7 Å². The molecule has 29 heavy (non-hydrogen) atoms. The summed E-state index contributed by atoms with van der Waals surface area (Å²) < 4.78 is 11.5. The van der Waals surface area contributed by atoms with Gasteiger partial charge in [-0.3, -0.25) is 4.79 Å². The molecule has 0 saturated carbocycles. The SMILES string of the molecule is Cl.NC[C@H]1CC[C@@H](C(=O)NCCc2cccc(OCCCc3ccccc3)c2)O1. The van der Waals surface area contributed by atoms with Crippen LogP contribution in [0.4, 0.5) is 0 Å². The van der Waals surface area contributed by atoms with Crippen molar-refractivity contribution in [1.82, 2.24) is 5.32 Å². The highest BCUT2D eigenvalue weighted by molar-refractivity contribution is 5.85. The quantitative estimate of drug-likeness (QED) is 0.580. The molecule has 1 fully saturated rings. The van der Waals surface area contributed by atoms with Gasteiger partial charge in [-0.1, -0.05) is 42.5 Å². The van der Waals surface area contributed by atoms with E-state index < -0.39 is 0 Å². The number of carbonyl (C=O) groups excluding carboxylic acids is 1. The molecule has 0 aliphatic carbocycles. The fourth-order valence-corrected chi connectivity index (χ4v) is 3.42. The van der Waals surface area contributed by atoms with Crippen molar-refractivity contribution in [1.29, 1.82) is 0 Å². The predicted octanol–water partition coefficient (Wildman–Crippen LogP) is 3.29. The van der Waals surface area contributed by atoms with Gasteiger partial charge in [-0.2, -0.15) is 0 Å². The molecule has 0 spiro atoms. The lowest BCUT2D eigenvalue weighted by molar-refractivity contribution is -0.131. The van der Waals surface area contributed by atoms with E-state index in [4.69, 9.17) is 15.2 Å². The van der Waals surface area contributed by atoms with Gasteiger partial charge in [-0.05, 0) is 55.4 Å². The summed E-state index contributed by atoms with van der Waals surface area (Å²) in [5.41, 5.74) is 8.07. The van der Waals surface area contributed by atoms with Crippen molar-refractivity contribution < 1.29 is 14.3 Å². The number of nitrogens with two attached hydrogens (primary N) is 1. The summed E-state index contributed by atoms with van der Waals surface area (Å²) in [5.74, 6) is 0.839. The van der Waals surface area contributed by atoms with Crippen LogP contribution in [-0.2, 0) is 22.4 Å². The highest BCUT2D eigenvalue weighted by Gasteiger charge is 2.29. The third-order valence-corrected chi connectivity index (χ3v) is 5.00. The van der Waals surface area contributed by atoms with Gasteiger partial charge in [0.05, 0.1) is 12.7 Å². The summed E-state index contributed by atoms with van der Waals surface area (Å²) in [6, 6.07) is 18.5. The molecule has 3 N–H and O–H groups in total. The molecule has 5 nitrogen and oxygen atoms in total. The molecule has 0 radical (unpaired) electrons. The van der Waals surface area contributed by atoms with Crippen LogP contribution >= 0.6 is 12.4 Å². The van der Waals surface area contributed by atoms with Crippen LogP contribution in [0.15, 0.2) is 54.6 Å². The maximum atomic E-state index is 12.2. The molecule has 3 rings (SSSR count). The average molecular weight is 419 g/mol. The summed E-state index contributed by atoms with van der Waals surface area (Å²) in [6.45, 7) is 1.75. The van der Waals surface area contributed by atoms with E-state index in [-0.39, 0.29) is 30.5 Å². The molecular formula is C23H31ClN2O3. The Hall–Kier alpha value is -2.08. The molecule has 2 aromatic carbocycles. The smallest absolute Gasteiger partial charge is 0.249 e. The normalized spacial score (nSPS) is 18.1. The largest absolute Gasteiger partial charge is 0.494 e. The zero-order valence-electron chi connectivity index (χ0n) is 16.7. The van der Waals surface area contributed by atoms with Crippen LogP contribution in [0.5, 0.6) is 5.75 Å². The molecule has 6 heteroatoms. The maximum absolute atomic E-state index is 12.2. The number of aryl methyl sites for hydroxylation is 1. The first kappa shape index (κ1) is 23.2. The van der Waals surface area contributed by atoms with Crippen molar-refractivity contribution in [3.8, 4) is 5.75 Å². The fraction of sp³-hybridized carbons (Fsp3) is 0.435. The Morgan fingerprint density at radius 1 is 1.07 bits per heavy atom. The molecule has 2 aromatic rings. The second kappa shape index (κ2) is 12.5. The van der Waals surface area contributed by atoms with Crippen LogP contribution in [0.1, 0.15) is 30.4 Å². The molecule has 1 amide bonds. The molecule has 1 aliphatic rings. The first-order valence-corrected chi connectivity index (χ1v) is 10.1. The summed E-state index contributed by atoms with van der Waals surface area (Å²) >= 11 is 0. The highest BCUT2D eigenvalue weighted by Crippen LogP contribution is 2.19. The van der Waals surface area contributed by atoms with E-state index in [2.05, 4.69) is 35.6 Å². The molecule has 0 unspecified atom stereocenters. The van der Waals surface area contributed by atoms with Crippen molar-refractivity contribution in [2.45, 2.75) is 44.3 Å². The summed E-state index contributed by atoms with van der Waals surface area (Å²) in [7, 11) is 0. The Kier molecular flexibility index (Phi) is 9.98. The zero-order chi connectivity index (χ0) is 19.6. The van der Waals surface area contributed by atoms with Gasteiger partial charge in [-0.25, -0.2) is 0 Å². The number of carbonyl (C=O) groups is 1. The predicted molar refractivity (Wildman–Crippen MR) is 118 cm³/mol. The third kappa shape index (κ3) is 7.69. The van der Waals surface area contributed by atoms with Gasteiger partial charge in [0.2, 0.25) is 5.91 Å². The van der Waals surface area contributed by atoms with Crippen LogP contribution < -0.4 is 15.8 Å². The Morgan fingerprint density at radius 2 is 1.86 bits per heavy atom. The van der Waals surface area contributed by atoms with Crippen molar-refractivity contribution in [2.24, 2.45) is 5.73 Å². The van der Waals surface area contributed by atoms with E-state index in [9.17, 15) is 4.79 Å². The lowest BCUT2D eigenvalue weighted by Crippen LogP contribution is -2.36. The molecule has 1 heterocycles. The molecule has 0 aromatic heterocycles. The molecule has 1 saturated heterocycles. The van der Waals surface area contributed by atoms with E-state index in [0.717, 1.165) is 43.4 Å². The van der Waals surface area contributed by atoms with Crippen LogP contribution in [-0.4, -0.2) is 37.8 Å². The lowest BCUT2D eigenvalue weighted by Gasteiger charge is -2.13. The fourth-order valence-electron chi connectivity index (χ4n) is 3.42. The van der Waals surface area contributed by atoms with E-state index in [1.807, 2.05) is 24.3 Å². The van der Waals surface area contributed by atoms with Crippen LogP contribution in [0, 0.1) is 0 Å². The average Bonchev–Trinajstić information content (AvgIpc) is 3.22. The lowest BCUT2D eigenvalue weighted by atomic mass is 10.1. The van der Waals surface area contributed by atoms with Gasteiger partial charge < -0.3 is 20.5 Å². The van der Waals surface area contributed by atoms with Crippen molar-refractivity contribution in [3.05, 3.63) is 65.7 Å². The Morgan fingerprint density at radius 3 is 2.62 bits per heavy atom. The van der Waals surface area contributed by atoms with Crippen LogP contribution in [0.25, 0.3) is 0 Å². The van der Waals surface area contributed by atoms with Crippen LogP contribution in [0.3, 0.4) is 0 Å². The molecular weight excluding hydrogens is 388 g/mol. The standard InChI is InChI=1S/C23H30N2O3.ClH/c24-17-21-11-12-22(28-21)23(26)25-14-13-19-8-4-10-20(16-19)27-15-5-9-18-6-2-1-3-7-18;/h1-4,6-8,10,16,21-22H,5,9,11-15,17,24H2,(H,25,26);1H/t21-,22+;/m1./s1. The number of hydrogen-bond donors (Lipinski definition) is 2. The molecule has 1 aliphatic heterocycles. The number of hydrogen-bond acceptors (Lipinski definition) is 4. The minimum atomic E-state index is -0.354. The third-order valence-electron chi connectivity index (χ3n) is 5.00. The molecule has 158 valence electrons. The van der Waals surface area contributed by atoms with Crippen molar-refractivity contribution >= 4 is 18.3 Å². The highest BCUT2D eigenvalue weighted by atomic mass is 35.5. The second-order valence-electron chi connectivity index (χ2n) is 7.19. The number of nitrogens with one attached hydrogen (secondary N) is 1. The number of amides is 1. The first-order valence-electron chi connectivity index (χ1n) is 10.1. The summed E-state index contributed by atoms with van der Waals surface area (Å²) in [4.78, 5) is 12.2. The summed E-state index contributed by atoms with van der Waals surface area (Å²) in [6.07, 6.45) is 4.04. The van der Waals surface area contributed by atoms with Gasteiger partial charge in [0.25, 0.3) is 0 Å². The number of ether oxygens (including phenoxy) is 2. The van der Waals surface area contributed by atoms with Crippen molar-refractivity contribution in [3.63, 3.8) is 0 Å². The van der Waals surface area contributed by atoms with Gasteiger partial charge in [-0.15, -0.1) is 12.4 Å². The van der Waals surface area contributed by atoms with Gasteiger partial charge in [0, 0.05) is 13.1 Å². The summed E-state index contributed by atoms with van der Waals surface area (Å²) in [5, 5.41) is 2.96. The van der Waals surface area contributed by atoms with Crippen LogP contribution in [0.2, 0.25) is 0 Å². The Bertz CT molecular complexity index is 742. The minimum absolute atomic E-state index is 0. The van der Waals surface area contributed by atoms with E-state index in [1.165, 1.54) is 5.56 Å². The second-order valence-corrected chi connectivity index (χ2v) is 7.19. The minimum Gasteiger partial charge on any atom is -0.494 e. The molecule has 2 atom stereocenters. The monoisotopic (exact) mass is 418 g/mol. The van der Waals surface area contributed by atoms with Gasteiger partial charge in [0.1, 0.15) is 11.9 Å². The van der Waals surface area contributed by atoms with E-state index in [1.54, 1.807) is 0 Å². The Balaban J connectivity index is 0.00000300. The molecule has 0 bridgehead atoms. The topological polar surface area (TPSA) is 73.6 Å². The number of benzene rings is 2. The Labute approximate surface area is 179 Å². The first-order chi connectivity index (χ1) is 13.7. The van der Waals surface area contributed by atoms with Crippen molar-refractivity contribution in [2.75, 3.05) is 19.7 Å². The number of halogens is 1. The maximum Gasteiger partial charge on any atom is 0.249 e. The van der Waals surface area contributed by atoms with E-state index >= 15 is 0 Å². The zero-order valence-corrected chi connectivity index (χ0v) is 17.5.